The van der Waals surface area contributed by atoms with Crippen molar-refractivity contribution in [3.8, 4) is 6.07 Å². The number of nitrogens with one attached hydrogen (secondary N) is 2. The Balaban J connectivity index is 1.95. The fourth-order valence-corrected chi connectivity index (χ4v) is 5.91. The predicted octanol–water partition coefficient (Wildman–Crippen LogP) is 5.42. The molecule has 4 atom stereocenters. The Morgan fingerprint density at radius 2 is 1.89 bits per heavy atom. The van der Waals surface area contributed by atoms with E-state index in [0.717, 1.165) is 6.07 Å². The summed E-state index contributed by atoms with van der Waals surface area (Å²) in [5.74, 6) is -3.97. The molecule has 202 valence electrons. The summed E-state index contributed by atoms with van der Waals surface area (Å²) in [5, 5.41) is 16.8. The molecule has 1 aliphatic carbocycles. The number of esters is 1. The summed E-state index contributed by atoms with van der Waals surface area (Å²) in [6.07, 6.45) is 1.11. The largest absolute Gasteiger partial charge is 0.467 e. The van der Waals surface area contributed by atoms with Gasteiger partial charge in [-0.05, 0) is 48.4 Å². The van der Waals surface area contributed by atoms with Crippen LogP contribution < -0.4 is 10.6 Å². The molecule has 0 spiro atoms. The lowest BCUT2D eigenvalue weighted by Gasteiger charge is -2.37. The number of carbonyl (C=O) groups excluding carboxylic acids is 2. The van der Waals surface area contributed by atoms with Gasteiger partial charge in [-0.15, -0.1) is 0 Å². The number of nitriles is 1. The third-order valence-electron chi connectivity index (χ3n) is 7.42. The van der Waals surface area contributed by atoms with Crippen LogP contribution in [0.3, 0.4) is 0 Å². The zero-order valence-corrected chi connectivity index (χ0v) is 23.0. The Hall–Kier alpha value is -2.73. The Kier molecular flexibility index (Phi) is 7.52. The first-order valence-electron chi connectivity index (χ1n) is 12.3. The summed E-state index contributed by atoms with van der Waals surface area (Å²) < 4.78 is 36.2. The molecule has 1 amide bonds. The highest BCUT2D eigenvalue weighted by molar-refractivity contribution is 6.31. The molecule has 0 aromatic heterocycles. The molecule has 10 heteroatoms. The zero-order chi connectivity index (χ0) is 28.0. The number of methoxy groups -OCH3 is 1. The maximum Gasteiger partial charge on any atom is 0.331 e. The summed E-state index contributed by atoms with van der Waals surface area (Å²) in [6, 6.07) is 8.60. The normalized spacial score (nSPS) is 25.9. The molecule has 2 aromatic carbocycles. The second kappa shape index (κ2) is 10.1. The van der Waals surface area contributed by atoms with Gasteiger partial charge in [0.05, 0.1) is 24.2 Å². The molecule has 1 aliphatic heterocycles. The number of hydrogen-bond acceptors (Lipinski definition) is 5. The minimum atomic E-state index is -1.74. The average molecular weight is 564 g/mol. The predicted molar refractivity (Wildman–Crippen MR) is 140 cm³/mol. The molecule has 1 saturated carbocycles. The summed E-state index contributed by atoms with van der Waals surface area (Å²) in [5.41, 5.74) is -3.32. The van der Waals surface area contributed by atoms with E-state index in [2.05, 4.69) is 16.7 Å². The van der Waals surface area contributed by atoms with E-state index in [1.165, 1.54) is 37.4 Å². The SMILES string of the molecule is COC(=O)C1(NC(=O)[C@@H]2N[C@@H](CC(C)(C)C)[C@](C#N)(c3ccc(Cl)cc3F)[C@H]2c2cccc(Cl)c2F)CC1. The monoisotopic (exact) mass is 563 g/mol. The molecule has 4 rings (SSSR count). The molecule has 2 N–H and O–H groups in total. The van der Waals surface area contributed by atoms with Crippen molar-refractivity contribution in [2.45, 2.75) is 69.0 Å². The summed E-state index contributed by atoms with van der Waals surface area (Å²) >= 11 is 12.2. The van der Waals surface area contributed by atoms with Crippen molar-refractivity contribution in [2.75, 3.05) is 7.11 Å². The highest BCUT2D eigenvalue weighted by atomic mass is 35.5. The van der Waals surface area contributed by atoms with Crippen LogP contribution in [0, 0.1) is 28.4 Å². The summed E-state index contributed by atoms with van der Waals surface area (Å²) in [4.78, 5) is 26.2. The van der Waals surface area contributed by atoms with Crippen molar-refractivity contribution >= 4 is 35.1 Å². The first-order valence-corrected chi connectivity index (χ1v) is 13.0. The van der Waals surface area contributed by atoms with Crippen molar-refractivity contribution in [2.24, 2.45) is 5.41 Å². The fourth-order valence-electron chi connectivity index (χ4n) is 5.57. The standard InChI is InChI=1S/C28H29Cl2F2N3O3/c1-26(2,3)13-20-28(14-33,17-9-8-15(29)12-19(17)31)21(16-6-5-7-18(30)22(16)32)23(34-20)24(36)35-27(10-11-27)25(37)38-4/h5-9,12,20-21,23,34H,10-11,13H2,1-4H3,(H,35,36)/t20-,21-,23+,28-/m0/s1. The van der Waals surface area contributed by atoms with Crippen molar-refractivity contribution in [1.82, 2.24) is 10.6 Å². The van der Waals surface area contributed by atoms with E-state index in [1.807, 2.05) is 20.8 Å². The van der Waals surface area contributed by atoms with Gasteiger partial charge in [0.2, 0.25) is 5.91 Å². The van der Waals surface area contributed by atoms with Crippen molar-refractivity contribution in [1.29, 1.82) is 5.26 Å². The van der Waals surface area contributed by atoms with Crippen LogP contribution in [-0.4, -0.2) is 36.6 Å². The third kappa shape index (κ3) is 4.88. The van der Waals surface area contributed by atoms with Gasteiger partial charge >= 0.3 is 5.97 Å². The Labute approximate surface area is 230 Å². The van der Waals surface area contributed by atoms with Crippen molar-refractivity contribution < 1.29 is 23.1 Å². The van der Waals surface area contributed by atoms with Crippen LogP contribution in [0.15, 0.2) is 36.4 Å². The second-order valence-electron chi connectivity index (χ2n) is 11.3. The molecule has 2 fully saturated rings. The first kappa shape index (κ1) is 28.3. The van der Waals surface area contributed by atoms with E-state index >= 15 is 8.78 Å². The molecule has 2 aromatic rings. The molecule has 1 heterocycles. The van der Waals surface area contributed by atoms with Gasteiger partial charge in [0.25, 0.3) is 0 Å². The van der Waals surface area contributed by atoms with E-state index in [1.54, 1.807) is 0 Å². The summed E-state index contributed by atoms with van der Waals surface area (Å²) in [7, 11) is 1.23. The molecular formula is C28H29Cl2F2N3O3. The maximum absolute atomic E-state index is 15.7. The van der Waals surface area contributed by atoms with Gasteiger partial charge in [0, 0.05) is 22.5 Å². The Bertz CT molecular complexity index is 1320. The third-order valence-corrected chi connectivity index (χ3v) is 7.95. The number of nitrogens with zero attached hydrogens (tertiary/aromatic N) is 1. The Morgan fingerprint density at radius 1 is 1.21 bits per heavy atom. The van der Waals surface area contributed by atoms with Gasteiger partial charge in [-0.1, -0.05) is 62.2 Å². The van der Waals surface area contributed by atoms with E-state index in [-0.39, 0.29) is 26.6 Å². The second-order valence-corrected chi connectivity index (χ2v) is 12.1. The van der Waals surface area contributed by atoms with Crippen LogP contribution in [-0.2, 0) is 19.7 Å². The van der Waals surface area contributed by atoms with Gasteiger partial charge in [0.15, 0.2) is 0 Å². The van der Waals surface area contributed by atoms with Crippen LogP contribution in [0.25, 0.3) is 0 Å². The van der Waals surface area contributed by atoms with E-state index in [0.29, 0.717) is 19.3 Å². The number of ether oxygens (including phenoxy) is 1. The average Bonchev–Trinajstić information content (AvgIpc) is 3.55. The topological polar surface area (TPSA) is 91.2 Å². The van der Waals surface area contributed by atoms with Gasteiger partial charge < -0.3 is 15.4 Å². The molecule has 0 radical (unpaired) electrons. The van der Waals surface area contributed by atoms with E-state index < -0.39 is 52.5 Å². The minimum Gasteiger partial charge on any atom is -0.467 e. The summed E-state index contributed by atoms with van der Waals surface area (Å²) in [6.45, 7) is 5.86. The van der Waals surface area contributed by atoms with Gasteiger partial charge in [-0.3, -0.25) is 4.79 Å². The van der Waals surface area contributed by atoms with Crippen LogP contribution in [0.4, 0.5) is 8.78 Å². The number of carbonyl (C=O) groups is 2. The minimum absolute atomic E-state index is 0.0135. The lowest BCUT2D eigenvalue weighted by molar-refractivity contribution is -0.146. The number of rotatable bonds is 6. The van der Waals surface area contributed by atoms with Crippen molar-refractivity contribution in [3.05, 3.63) is 69.2 Å². The molecule has 0 bridgehead atoms. The fraction of sp³-hybridized carbons (Fsp3) is 0.464. The van der Waals surface area contributed by atoms with Crippen LogP contribution >= 0.6 is 23.2 Å². The molecule has 1 saturated heterocycles. The highest BCUT2D eigenvalue weighted by Gasteiger charge is 2.62. The Morgan fingerprint density at radius 3 is 2.45 bits per heavy atom. The molecular weight excluding hydrogens is 535 g/mol. The zero-order valence-electron chi connectivity index (χ0n) is 21.5. The van der Waals surface area contributed by atoms with Gasteiger partial charge in [-0.25, -0.2) is 13.6 Å². The smallest absolute Gasteiger partial charge is 0.331 e. The molecule has 38 heavy (non-hydrogen) atoms. The van der Waals surface area contributed by atoms with Crippen LogP contribution in [0.5, 0.6) is 0 Å². The van der Waals surface area contributed by atoms with E-state index in [9.17, 15) is 14.9 Å². The van der Waals surface area contributed by atoms with Crippen LogP contribution in [0.1, 0.15) is 57.1 Å². The number of halogens is 4. The highest BCUT2D eigenvalue weighted by Crippen LogP contribution is 2.53. The van der Waals surface area contributed by atoms with Gasteiger partial charge in [-0.2, -0.15) is 5.26 Å². The van der Waals surface area contributed by atoms with Crippen molar-refractivity contribution in [3.63, 3.8) is 0 Å². The first-order chi connectivity index (χ1) is 17.8. The van der Waals surface area contributed by atoms with E-state index in [4.69, 9.17) is 27.9 Å². The number of hydrogen-bond donors (Lipinski definition) is 2. The molecule has 0 unspecified atom stereocenters. The number of benzene rings is 2. The molecule has 6 nitrogen and oxygen atoms in total. The lowest BCUT2D eigenvalue weighted by atomic mass is 9.62. The number of amides is 1. The van der Waals surface area contributed by atoms with Gasteiger partial charge in [0.1, 0.15) is 22.6 Å². The van der Waals surface area contributed by atoms with Crippen LogP contribution in [0.2, 0.25) is 10.0 Å². The quantitative estimate of drug-likeness (QED) is 0.458. The lowest BCUT2D eigenvalue weighted by Crippen LogP contribution is -2.52. The molecule has 2 aliphatic rings. The maximum atomic E-state index is 15.7.